The summed E-state index contributed by atoms with van der Waals surface area (Å²) in [6.45, 7) is 11.0. The molecule has 0 amide bonds. The third-order valence-electron chi connectivity index (χ3n) is 4.46. The van der Waals surface area contributed by atoms with Crippen molar-refractivity contribution in [2.24, 2.45) is 5.92 Å². The lowest BCUT2D eigenvalue weighted by Crippen LogP contribution is -2.47. The lowest BCUT2D eigenvalue weighted by atomic mass is 10.0. The van der Waals surface area contributed by atoms with Crippen LogP contribution in [0, 0.1) is 5.92 Å². The first-order valence-corrected chi connectivity index (χ1v) is 9.08. The number of piperazine rings is 1. The number of carbonyl (C=O) groups excluding carboxylic acids is 2. The molecule has 0 spiro atoms. The summed E-state index contributed by atoms with van der Waals surface area (Å²) in [5, 5.41) is 0. The predicted octanol–water partition coefficient (Wildman–Crippen LogP) is 2.04. The molecule has 6 nitrogen and oxygen atoms in total. The molecule has 0 unspecified atom stereocenters. The molecular formula is C19H29N3O3. The zero-order chi connectivity index (χ0) is 18.2. The molecule has 6 heteroatoms. The fraction of sp³-hybridized carbons (Fsp3) is 0.632. The van der Waals surface area contributed by atoms with E-state index in [4.69, 9.17) is 4.74 Å². The average Bonchev–Trinajstić information content (AvgIpc) is 2.65. The van der Waals surface area contributed by atoms with E-state index in [1.165, 1.54) is 0 Å². The van der Waals surface area contributed by atoms with Crippen LogP contribution >= 0.6 is 0 Å². The maximum Gasteiger partial charge on any atom is 0.166 e. The fourth-order valence-electron chi connectivity index (χ4n) is 2.73. The lowest BCUT2D eigenvalue weighted by molar-refractivity contribution is -0.123. The quantitative estimate of drug-likeness (QED) is 0.503. The van der Waals surface area contributed by atoms with Crippen molar-refractivity contribution in [1.82, 2.24) is 9.88 Å². The highest BCUT2D eigenvalue weighted by molar-refractivity contribution is 5.97. The van der Waals surface area contributed by atoms with Gasteiger partial charge in [-0.25, -0.2) is 4.98 Å². The number of rotatable bonds is 9. The molecule has 2 rings (SSSR count). The second-order valence-electron chi connectivity index (χ2n) is 6.70. The van der Waals surface area contributed by atoms with Crippen LogP contribution in [0.3, 0.4) is 0 Å². The van der Waals surface area contributed by atoms with Crippen LogP contribution < -0.4 is 4.90 Å². The van der Waals surface area contributed by atoms with E-state index in [1.54, 1.807) is 6.20 Å². The molecule has 0 bridgehead atoms. The number of nitrogens with zero attached hydrogens (tertiary/aromatic N) is 3. The third kappa shape index (κ3) is 5.90. The summed E-state index contributed by atoms with van der Waals surface area (Å²) in [5.74, 6) is 1.19. The molecule has 0 aromatic carbocycles. The van der Waals surface area contributed by atoms with Crippen molar-refractivity contribution in [3.05, 3.63) is 23.9 Å². The first-order chi connectivity index (χ1) is 12.0. The first-order valence-electron chi connectivity index (χ1n) is 9.08. The van der Waals surface area contributed by atoms with Gasteiger partial charge in [-0.15, -0.1) is 0 Å². The molecule has 1 aliphatic heterocycles. The summed E-state index contributed by atoms with van der Waals surface area (Å²) in [5.41, 5.74) is 0.677. The average molecular weight is 347 g/mol. The van der Waals surface area contributed by atoms with Crippen molar-refractivity contribution in [3.8, 4) is 0 Å². The van der Waals surface area contributed by atoms with E-state index >= 15 is 0 Å². The number of ketones is 2. The second-order valence-corrected chi connectivity index (χ2v) is 6.70. The molecule has 25 heavy (non-hydrogen) atoms. The Bertz CT molecular complexity index is 564. The van der Waals surface area contributed by atoms with E-state index in [-0.39, 0.29) is 24.1 Å². The maximum absolute atomic E-state index is 12.0. The minimum absolute atomic E-state index is 0.00830. The second kappa shape index (κ2) is 9.63. The van der Waals surface area contributed by atoms with Crippen LogP contribution in [0.1, 0.15) is 37.6 Å². The molecule has 0 atom stereocenters. The third-order valence-corrected chi connectivity index (χ3v) is 4.46. The Morgan fingerprint density at radius 1 is 1.20 bits per heavy atom. The minimum atomic E-state index is -0.00830. The van der Waals surface area contributed by atoms with Crippen LogP contribution in [0.4, 0.5) is 5.82 Å². The number of hydrogen-bond acceptors (Lipinski definition) is 6. The number of hydrogen-bond donors (Lipinski definition) is 0. The molecule has 1 aromatic rings. The van der Waals surface area contributed by atoms with Crippen molar-refractivity contribution < 1.29 is 14.3 Å². The van der Waals surface area contributed by atoms with Gasteiger partial charge in [-0.3, -0.25) is 14.5 Å². The van der Waals surface area contributed by atoms with Crippen molar-refractivity contribution in [3.63, 3.8) is 0 Å². The Balaban J connectivity index is 1.74. The van der Waals surface area contributed by atoms with Crippen molar-refractivity contribution in [2.75, 3.05) is 50.8 Å². The molecule has 0 aliphatic carbocycles. The largest absolute Gasteiger partial charge is 0.372 e. The highest BCUT2D eigenvalue weighted by atomic mass is 16.5. The van der Waals surface area contributed by atoms with Gasteiger partial charge in [0.05, 0.1) is 6.61 Å². The summed E-state index contributed by atoms with van der Waals surface area (Å²) in [7, 11) is 0. The van der Waals surface area contributed by atoms with Gasteiger partial charge in [0.15, 0.2) is 11.6 Å². The van der Waals surface area contributed by atoms with Crippen LogP contribution in [-0.2, 0) is 9.53 Å². The van der Waals surface area contributed by atoms with E-state index in [0.29, 0.717) is 18.6 Å². The molecule has 0 radical (unpaired) electrons. The first kappa shape index (κ1) is 19.5. The number of Topliss-reactive ketones (excluding diaryl/α,β-unsaturated/α-hetero) is 2. The molecule has 1 saturated heterocycles. The van der Waals surface area contributed by atoms with Gasteiger partial charge in [-0.1, -0.05) is 20.8 Å². The van der Waals surface area contributed by atoms with E-state index in [1.807, 2.05) is 32.9 Å². The standard InChI is InChI=1S/C19H29N3O3/c1-4-17(23)14-25-12-11-21-7-9-22(10-8-21)18-6-5-16(13-20-18)19(24)15(2)3/h5-6,13,15H,4,7-12,14H2,1-3H3. The van der Waals surface area contributed by atoms with Crippen LogP contribution in [0.5, 0.6) is 0 Å². The molecule has 2 heterocycles. The van der Waals surface area contributed by atoms with Gasteiger partial charge in [-0.2, -0.15) is 0 Å². The highest BCUT2D eigenvalue weighted by Crippen LogP contribution is 2.15. The summed E-state index contributed by atoms with van der Waals surface area (Å²) in [6.07, 6.45) is 2.22. The smallest absolute Gasteiger partial charge is 0.166 e. The van der Waals surface area contributed by atoms with Gasteiger partial charge in [-0.05, 0) is 12.1 Å². The fourth-order valence-corrected chi connectivity index (χ4v) is 2.73. The van der Waals surface area contributed by atoms with E-state index in [0.717, 1.165) is 38.5 Å². The Labute approximate surface area is 150 Å². The van der Waals surface area contributed by atoms with Crippen LogP contribution in [0.2, 0.25) is 0 Å². The van der Waals surface area contributed by atoms with E-state index in [2.05, 4.69) is 14.8 Å². The Hall–Kier alpha value is -1.79. The number of aromatic nitrogens is 1. The zero-order valence-corrected chi connectivity index (χ0v) is 15.5. The Morgan fingerprint density at radius 2 is 1.92 bits per heavy atom. The molecule has 1 aromatic heterocycles. The number of anilines is 1. The zero-order valence-electron chi connectivity index (χ0n) is 15.5. The van der Waals surface area contributed by atoms with Gasteiger partial charge in [0.1, 0.15) is 12.4 Å². The maximum atomic E-state index is 12.0. The van der Waals surface area contributed by atoms with Crippen molar-refractivity contribution in [1.29, 1.82) is 0 Å². The summed E-state index contributed by atoms with van der Waals surface area (Å²) >= 11 is 0. The monoisotopic (exact) mass is 347 g/mol. The number of carbonyl (C=O) groups is 2. The van der Waals surface area contributed by atoms with Gasteiger partial charge in [0.2, 0.25) is 0 Å². The molecule has 138 valence electrons. The Kier molecular flexibility index (Phi) is 7.52. The topological polar surface area (TPSA) is 62.7 Å². The van der Waals surface area contributed by atoms with Gasteiger partial charge in [0, 0.05) is 56.8 Å². The van der Waals surface area contributed by atoms with E-state index < -0.39 is 0 Å². The van der Waals surface area contributed by atoms with Gasteiger partial charge >= 0.3 is 0 Å². The molecule has 1 aliphatic rings. The van der Waals surface area contributed by atoms with Crippen LogP contribution in [0.25, 0.3) is 0 Å². The van der Waals surface area contributed by atoms with Crippen LogP contribution in [-0.4, -0.2) is 67.4 Å². The van der Waals surface area contributed by atoms with Gasteiger partial charge in [0.25, 0.3) is 0 Å². The highest BCUT2D eigenvalue weighted by Gasteiger charge is 2.18. The van der Waals surface area contributed by atoms with Crippen molar-refractivity contribution in [2.45, 2.75) is 27.2 Å². The normalized spacial score (nSPS) is 15.6. The van der Waals surface area contributed by atoms with Crippen molar-refractivity contribution >= 4 is 17.4 Å². The van der Waals surface area contributed by atoms with E-state index in [9.17, 15) is 9.59 Å². The minimum Gasteiger partial charge on any atom is -0.372 e. The lowest BCUT2D eigenvalue weighted by Gasteiger charge is -2.35. The Morgan fingerprint density at radius 3 is 2.48 bits per heavy atom. The number of pyridine rings is 1. The molecule has 0 saturated carbocycles. The van der Waals surface area contributed by atoms with Crippen LogP contribution in [0.15, 0.2) is 18.3 Å². The SMILES string of the molecule is CCC(=O)COCCN1CCN(c2ccc(C(=O)C(C)C)cn2)CC1. The summed E-state index contributed by atoms with van der Waals surface area (Å²) in [4.78, 5) is 32.2. The summed E-state index contributed by atoms with van der Waals surface area (Å²) in [6, 6.07) is 3.81. The molecular weight excluding hydrogens is 318 g/mol. The number of ether oxygens (including phenoxy) is 1. The molecule has 1 fully saturated rings. The predicted molar refractivity (Wildman–Crippen MR) is 98.2 cm³/mol. The summed E-state index contributed by atoms with van der Waals surface area (Å²) < 4.78 is 5.41. The molecule has 0 N–H and O–H groups in total. The van der Waals surface area contributed by atoms with Gasteiger partial charge < -0.3 is 9.64 Å².